The minimum absolute atomic E-state index is 0.431. The molecule has 2 aliphatic rings. The van der Waals surface area contributed by atoms with Gasteiger partial charge in [0.2, 0.25) is 0 Å². The molecule has 0 radical (unpaired) electrons. The van der Waals surface area contributed by atoms with Crippen LogP contribution in [0, 0.1) is 0 Å². The third-order valence-electron chi connectivity index (χ3n) is 4.65. The Morgan fingerprint density at radius 3 is 2.52 bits per heavy atom. The van der Waals surface area contributed by atoms with E-state index in [1.807, 2.05) is 18.2 Å². The summed E-state index contributed by atoms with van der Waals surface area (Å²) in [6.45, 7) is 2.09. The van der Waals surface area contributed by atoms with E-state index in [9.17, 15) is 0 Å². The lowest BCUT2D eigenvalue weighted by molar-refractivity contribution is -0.488. The Morgan fingerprint density at radius 2 is 1.87 bits per heavy atom. The van der Waals surface area contributed by atoms with E-state index in [4.69, 9.17) is 4.99 Å². The zero-order valence-electron chi connectivity index (χ0n) is 14.3. The van der Waals surface area contributed by atoms with Crippen LogP contribution in [0.1, 0.15) is 32.1 Å². The standard InChI is InChI=1S/C18H27N5/c1-22-13-14-23(2)18(22)21-17(19-15-9-5-3-6-10-15)20-16-11-7-4-8-12-16/h3,5-6,9-10,16H,4,7-8,11-14H2,1-2H3,(H,19,20)/p+1. The van der Waals surface area contributed by atoms with Gasteiger partial charge in [-0.25, -0.2) is 10.3 Å². The van der Waals surface area contributed by atoms with Crippen LogP contribution in [0.3, 0.4) is 0 Å². The van der Waals surface area contributed by atoms with Gasteiger partial charge in [0.1, 0.15) is 0 Å². The second kappa shape index (κ2) is 7.49. The number of benzene rings is 1. The van der Waals surface area contributed by atoms with Gasteiger partial charge in [0.25, 0.3) is 5.96 Å². The van der Waals surface area contributed by atoms with E-state index < -0.39 is 0 Å². The fraction of sp³-hybridized carbons (Fsp3) is 0.556. The van der Waals surface area contributed by atoms with Crippen molar-refractivity contribution in [2.75, 3.05) is 32.5 Å². The Kier molecular flexibility index (Phi) is 5.16. The van der Waals surface area contributed by atoms with Crippen molar-refractivity contribution in [3.63, 3.8) is 0 Å². The van der Waals surface area contributed by atoms with Gasteiger partial charge in [-0.1, -0.05) is 37.5 Å². The number of hydrogen-bond acceptors (Lipinski definition) is 2. The summed E-state index contributed by atoms with van der Waals surface area (Å²) < 4.78 is 2.24. The van der Waals surface area contributed by atoms with Gasteiger partial charge < -0.3 is 5.32 Å². The van der Waals surface area contributed by atoms with Gasteiger partial charge >= 0.3 is 5.96 Å². The van der Waals surface area contributed by atoms with Crippen molar-refractivity contribution in [2.45, 2.75) is 38.1 Å². The van der Waals surface area contributed by atoms with Crippen molar-refractivity contribution in [1.29, 1.82) is 0 Å². The molecule has 1 aliphatic heterocycles. The molecule has 5 heteroatoms. The molecule has 0 spiro atoms. The fourth-order valence-electron chi connectivity index (χ4n) is 3.25. The topological polar surface area (TPSA) is 42.7 Å². The highest BCUT2D eigenvalue weighted by Gasteiger charge is 2.26. The predicted octanol–water partition coefficient (Wildman–Crippen LogP) is 2.32. The molecule has 1 heterocycles. The number of guanidine groups is 2. The van der Waals surface area contributed by atoms with Crippen molar-refractivity contribution in [1.82, 2.24) is 10.2 Å². The highest BCUT2D eigenvalue weighted by molar-refractivity contribution is 6.04. The molecule has 0 amide bonds. The van der Waals surface area contributed by atoms with E-state index >= 15 is 0 Å². The van der Waals surface area contributed by atoms with Crippen LogP contribution < -0.4 is 10.6 Å². The zero-order valence-corrected chi connectivity index (χ0v) is 14.3. The van der Waals surface area contributed by atoms with Crippen molar-refractivity contribution in [2.24, 2.45) is 4.99 Å². The quantitative estimate of drug-likeness (QED) is 0.500. The molecule has 0 unspecified atom stereocenters. The van der Waals surface area contributed by atoms with Crippen molar-refractivity contribution >= 4 is 17.6 Å². The number of likely N-dealkylation sites (N-methyl/N-ethyl adjacent to an activating group) is 2. The molecule has 1 saturated carbocycles. The predicted molar refractivity (Wildman–Crippen MR) is 96.2 cm³/mol. The van der Waals surface area contributed by atoms with Crippen LogP contribution in [-0.2, 0) is 0 Å². The smallest absolute Gasteiger partial charge is 0.313 e. The minimum Gasteiger partial charge on any atom is -0.313 e. The van der Waals surface area contributed by atoms with E-state index in [1.165, 1.54) is 32.1 Å². The van der Waals surface area contributed by atoms with Crippen LogP contribution in [0.25, 0.3) is 0 Å². The summed E-state index contributed by atoms with van der Waals surface area (Å²) in [5, 5.41) is 6.98. The Morgan fingerprint density at radius 1 is 1.13 bits per heavy atom. The summed E-state index contributed by atoms with van der Waals surface area (Å²) in [6.07, 6.45) is 6.33. The lowest BCUT2D eigenvalue weighted by Crippen LogP contribution is -2.45. The molecule has 23 heavy (non-hydrogen) atoms. The van der Waals surface area contributed by atoms with Gasteiger partial charge in [0.15, 0.2) is 0 Å². The summed E-state index contributed by atoms with van der Waals surface area (Å²) in [5.74, 6) is 1.97. The highest BCUT2D eigenvalue weighted by Crippen LogP contribution is 2.20. The first kappa shape index (κ1) is 15.8. The minimum atomic E-state index is 0.431. The number of nitrogens with one attached hydrogen (secondary N) is 2. The zero-order chi connectivity index (χ0) is 16.1. The molecule has 0 saturated heterocycles. The van der Waals surface area contributed by atoms with E-state index in [1.54, 1.807) is 0 Å². The first-order valence-electron chi connectivity index (χ1n) is 8.68. The SMILES string of the molecule is CN1CC[N+](C)=C1NC(=NC1CCCCC1)Nc1ccccc1. The number of rotatable bonds is 2. The van der Waals surface area contributed by atoms with Crippen LogP contribution in [0.4, 0.5) is 5.69 Å². The van der Waals surface area contributed by atoms with Crippen LogP contribution in [0.2, 0.25) is 0 Å². The number of anilines is 1. The second-order valence-electron chi connectivity index (χ2n) is 6.55. The Balaban J connectivity index is 1.78. The average Bonchev–Trinajstić information content (AvgIpc) is 2.89. The summed E-state index contributed by atoms with van der Waals surface area (Å²) in [5.41, 5.74) is 1.07. The number of nitrogens with zero attached hydrogens (tertiary/aromatic N) is 3. The molecule has 0 aromatic heterocycles. The molecule has 3 rings (SSSR count). The number of hydrogen-bond donors (Lipinski definition) is 2. The van der Waals surface area contributed by atoms with Gasteiger partial charge in [0, 0.05) is 5.69 Å². The maximum absolute atomic E-state index is 4.98. The Labute approximate surface area is 139 Å². The van der Waals surface area contributed by atoms with Crippen LogP contribution >= 0.6 is 0 Å². The van der Waals surface area contributed by atoms with Gasteiger partial charge in [-0.15, -0.1) is 0 Å². The van der Waals surface area contributed by atoms with Crippen molar-refractivity contribution in [3.05, 3.63) is 30.3 Å². The molecule has 1 aromatic rings. The maximum Gasteiger partial charge on any atom is 0.355 e. The summed E-state index contributed by atoms with van der Waals surface area (Å²) in [6, 6.07) is 10.7. The Hall–Kier alpha value is -2.04. The van der Waals surface area contributed by atoms with Crippen molar-refractivity contribution < 1.29 is 4.58 Å². The summed E-state index contributed by atoms with van der Waals surface area (Å²) in [7, 11) is 4.24. The van der Waals surface area contributed by atoms with Gasteiger partial charge in [0.05, 0.1) is 33.2 Å². The maximum atomic E-state index is 4.98. The molecule has 1 fully saturated rings. The second-order valence-corrected chi connectivity index (χ2v) is 6.55. The molecular weight excluding hydrogens is 286 g/mol. The molecule has 0 bridgehead atoms. The van der Waals surface area contributed by atoms with Crippen molar-refractivity contribution in [3.8, 4) is 0 Å². The number of aliphatic imine (C=N–C) groups is 1. The van der Waals surface area contributed by atoms with Crippen LogP contribution in [-0.4, -0.2) is 54.6 Å². The van der Waals surface area contributed by atoms with Gasteiger partial charge in [-0.3, -0.25) is 9.48 Å². The molecule has 1 aliphatic carbocycles. The average molecular weight is 314 g/mol. The summed E-state index contributed by atoms with van der Waals surface area (Å²) in [4.78, 5) is 7.22. The number of para-hydroxylation sites is 1. The lowest BCUT2D eigenvalue weighted by atomic mass is 9.96. The third-order valence-corrected chi connectivity index (χ3v) is 4.65. The largest absolute Gasteiger partial charge is 0.355 e. The monoisotopic (exact) mass is 314 g/mol. The Bertz CT molecular complexity index is 572. The fourth-order valence-corrected chi connectivity index (χ4v) is 3.25. The van der Waals surface area contributed by atoms with Gasteiger partial charge in [-0.2, -0.15) is 0 Å². The lowest BCUT2D eigenvalue weighted by Gasteiger charge is -2.19. The normalized spacial score (nSPS) is 20.1. The first-order chi connectivity index (χ1) is 11.2. The van der Waals surface area contributed by atoms with Crippen LogP contribution in [0.15, 0.2) is 35.3 Å². The molecule has 0 atom stereocenters. The highest BCUT2D eigenvalue weighted by atomic mass is 15.4. The van der Waals surface area contributed by atoms with E-state index in [0.717, 1.165) is 30.7 Å². The summed E-state index contributed by atoms with van der Waals surface area (Å²) >= 11 is 0. The van der Waals surface area contributed by atoms with E-state index in [-0.39, 0.29) is 0 Å². The molecule has 5 nitrogen and oxygen atoms in total. The van der Waals surface area contributed by atoms with E-state index in [0.29, 0.717) is 6.04 Å². The first-order valence-corrected chi connectivity index (χ1v) is 8.68. The van der Waals surface area contributed by atoms with Gasteiger partial charge in [-0.05, 0) is 25.0 Å². The van der Waals surface area contributed by atoms with E-state index in [2.05, 4.69) is 46.3 Å². The molecule has 2 N–H and O–H groups in total. The third kappa shape index (κ3) is 4.24. The van der Waals surface area contributed by atoms with Crippen LogP contribution in [0.5, 0.6) is 0 Å². The molecular formula is C18H28N5+. The molecule has 124 valence electrons. The molecule has 1 aromatic carbocycles.